The first kappa shape index (κ1) is 19.3. The fraction of sp³-hybridized carbons (Fsp3) is 0. The van der Waals surface area contributed by atoms with Gasteiger partial charge in [0.05, 0.1) is 11.4 Å². The van der Waals surface area contributed by atoms with Crippen molar-refractivity contribution in [3.8, 4) is 11.8 Å². The van der Waals surface area contributed by atoms with E-state index in [1.165, 1.54) is 10.9 Å². The zero-order valence-electron chi connectivity index (χ0n) is 14.1. The van der Waals surface area contributed by atoms with E-state index < -0.39 is 5.78 Å². The van der Waals surface area contributed by atoms with E-state index in [0.29, 0.717) is 27.7 Å². The molecule has 0 aliphatic heterocycles. The molecule has 2 aromatic carbocycles. The lowest BCUT2D eigenvalue weighted by atomic mass is 10.1. The second kappa shape index (κ2) is 8.48. The molecule has 7 nitrogen and oxygen atoms in total. The topological polar surface area (TPSA) is 104 Å². The van der Waals surface area contributed by atoms with Crippen LogP contribution < -0.4 is 0 Å². The van der Waals surface area contributed by atoms with Crippen LogP contribution in [0.1, 0.15) is 16.1 Å². The van der Waals surface area contributed by atoms with E-state index in [9.17, 15) is 15.2 Å². The van der Waals surface area contributed by atoms with Gasteiger partial charge in [0, 0.05) is 16.2 Å². The maximum absolute atomic E-state index is 12.7. The normalized spacial score (nSPS) is 11.5. The fourth-order valence-corrected chi connectivity index (χ4v) is 2.47. The number of ketones is 1. The summed E-state index contributed by atoms with van der Waals surface area (Å²) in [5.74, 6) is -0.746. The number of aliphatic hydroxyl groups is 1. The molecule has 0 spiro atoms. The van der Waals surface area contributed by atoms with Gasteiger partial charge < -0.3 is 5.11 Å². The minimum absolute atomic E-state index is 0.0287. The van der Waals surface area contributed by atoms with Gasteiger partial charge in [-0.3, -0.25) is 4.79 Å². The van der Waals surface area contributed by atoms with Crippen molar-refractivity contribution < 1.29 is 9.90 Å². The first-order chi connectivity index (χ1) is 13.5. The highest BCUT2D eigenvalue weighted by atomic mass is 35.5. The number of rotatable bonds is 5. The van der Waals surface area contributed by atoms with E-state index in [0.717, 1.165) is 0 Å². The third-order valence-corrected chi connectivity index (χ3v) is 4.10. The third-order valence-electron chi connectivity index (χ3n) is 3.60. The summed E-state index contributed by atoms with van der Waals surface area (Å²) < 4.78 is 1.37. The molecule has 0 radical (unpaired) electrons. The lowest BCUT2D eigenvalue weighted by Crippen LogP contribution is -2.06. The molecular formula is C19H11Cl2N5O2. The van der Waals surface area contributed by atoms with Crippen molar-refractivity contribution in [3.05, 3.63) is 88.0 Å². The van der Waals surface area contributed by atoms with Crippen molar-refractivity contribution in [3.63, 3.8) is 0 Å². The van der Waals surface area contributed by atoms with E-state index in [4.69, 9.17) is 23.2 Å². The molecule has 9 heteroatoms. The highest BCUT2D eigenvalue weighted by Crippen LogP contribution is 2.20. The number of azo groups is 1. The molecule has 0 bridgehead atoms. The predicted octanol–water partition coefficient (Wildman–Crippen LogP) is 5.42. The van der Waals surface area contributed by atoms with Crippen molar-refractivity contribution in [2.45, 2.75) is 0 Å². The Labute approximate surface area is 169 Å². The number of aliphatic hydroxyl groups excluding tert-OH is 1. The minimum Gasteiger partial charge on any atom is -0.513 e. The van der Waals surface area contributed by atoms with Crippen LogP contribution in [0.3, 0.4) is 0 Å². The van der Waals surface area contributed by atoms with Gasteiger partial charge in [0.2, 0.25) is 5.78 Å². The van der Waals surface area contributed by atoms with Crippen LogP contribution in [0.4, 0.5) is 5.69 Å². The maximum Gasteiger partial charge on any atom is 0.237 e. The molecule has 0 fully saturated rings. The van der Waals surface area contributed by atoms with Gasteiger partial charge in [-0.1, -0.05) is 23.2 Å². The van der Waals surface area contributed by atoms with Crippen molar-refractivity contribution in [1.29, 1.82) is 5.26 Å². The number of hydrogen-bond donors (Lipinski definition) is 1. The summed E-state index contributed by atoms with van der Waals surface area (Å²) in [5.41, 5.74) is 0.544. The summed E-state index contributed by atoms with van der Waals surface area (Å²) in [6.07, 6.45) is 1.92. The largest absolute Gasteiger partial charge is 0.513 e. The van der Waals surface area contributed by atoms with Crippen LogP contribution in [0.2, 0.25) is 10.0 Å². The van der Waals surface area contributed by atoms with Gasteiger partial charge in [-0.05, 0) is 48.5 Å². The molecule has 1 heterocycles. The molecule has 138 valence electrons. The molecule has 0 saturated carbocycles. The highest BCUT2D eigenvalue weighted by molar-refractivity contribution is 6.30. The average molecular weight is 412 g/mol. The van der Waals surface area contributed by atoms with Gasteiger partial charge in [0.15, 0.2) is 11.4 Å². The van der Waals surface area contributed by atoms with E-state index in [1.54, 1.807) is 48.5 Å². The number of benzene rings is 2. The molecule has 0 aliphatic carbocycles. The number of halogens is 2. The summed E-state index contributed by atoms with van der Waals surface area (Å²) in [6.45, 7) is 0. The Morgan fingerprint density at radius 1 is 1.11 bits per heavy atom. The second-order valence-electron chi connectivity index (χ2n) is 5.44. The average Bonchev–Trinajstić information content (AvgIpc) is 3.14. The quantitative estimate of drug-likeness (QED) is 0.262. The van der Waals surface area contributed by atoms with Crippen molar-refractivity contribution in [2.75, 3.05) is 0 Å². The van der Waals surface area contributed by atoms with Crippen LogP contribution in [0.5, 0.6) is 0 Å². The first-order valence-corrected chi connectivity index (χ1v) is 8.59. The van der Waals surface area contributed by atoms with Crippen LogP contribution in [0, 0.1) is 11.3 Å². The Morgan fingerprint density at radius 2 is 1.71 bits per heavy atom. The van der Waals surface area contributed by atoms with Gasteiger partial charge in [0.1, 0.15) is 17.9 Å². The van der Waals surface area contributed by atoms with Gasteiger partial charge in [-0.15, -0.1) is 5.11 Å². The molecule has 0 saturated heterocycles. The van der Waals surface area contributed by atoms with Crippen LogP contribution in [-0.2, 0) is 0 Å². The SMILES string of the molecule is N#Cc1cn(-c2ccc(Cl)cc2)nc1C(=O)/C(=C\O)N=Nc1ccc(Cl)cc1. The number of carbonyl (C=O) groups excluding carboxylic acids is 1. The van der Waals surface area contributed by atoms with Crippen molar-refractivity contribution >= 4 is 34.7 Å². The summed E-state index contributed by atoms with van der Waals surface area (Å²) in [5, 5.41) is 31.6. The summed E-state index contributed by atoms with van der Waals surface area (Å²) in [7, 11) is 0. The van der Waals surface area contributed by atoms with Crippen molar-refractivity contribution in [1.82, 2.24) is 9.78 Å². The Morgan fingerprint density at radius 3 is 2.29 bits per heavy atom. The number of nitrogens with zero attached hydrogens (tertiary/aromatic N) is 5. The summed E-state index contributed by atoms with van der Waals surface area (Å²) in [4.78, 5) is 12.7. The Balaban J connectivity index is 1.90. The fourth-order valence-electron chi connectivity index (χ4n) is 2.22. The first-order valence-electron chi connectivity index (χ1n) is 7.84. The van der Waals surface area contributed by atoms with Gasteiger partial charge in [0.25, 0.3) is 0 Å². The number of hydrogen-bond acceptors (Lipinski definition) is 6. The van der Waals surface area contributed by atoms with Crippen LogP contribution in [0.25, 0.3) is 5.69 Å². The number of allylic oxidation sites excluding steroid dienone is 1. The van der Waals surface area contributed by atoms with E-state index in [1.807, 2.05) is 6.07 Å². The zero-order chi connectivity index (χ0) is 20.1. The van der Waals surface area contributed by atoms with Crippen molar-refractivity contribution in [2.24, 2.45) is 10.2 Å². The van der Waals surface area contributed by atoms with Crippen LogP contribution in [-0.4, -0.2) is 20.7 Å². The summed E-state index contributed by atoms with van der Waals surface area (Å²) >= 11 is 11.7. The van der Waals surface area contributed by atoms with E-state index in [-0.39, 0.29) is 17.0 Å². The molecule has 0 aliphatic rings. The Kier molecular flexibility index (Phi) is 5.84. The zero-order valence-corrected chi connectivity index (χ0v) is 15.6. The lowest BCUT2D eigenvalue weighted by molar-refractivity contribution is 0.102. The summed E-state index contributed by atoms with van der Waals surface area (Å²) in [6, 6.07) is 15.0. The minimum atomic E-state index is -0.746. The standard InChI is InChI=1S/C19H11Cl2N5O2/c20-13-1-5-15(6-2-13)23-24-17(11-27)19(28)18-12(9-22)10-26(25-18)16-7-3-14(21)4-8-16/h1-8,10-11,27H/b17-11+,24-23?. The molecule has 0 unspecified atom stereocenters. The van der Waals surface area contributed by atoms with Gasteiger partial charge >= 0.3 is 0 Å². The number of Topliss-reactive ketones (excluding diaryl/α,β-unsaturated/α-hetero) is 1. The lowest BCUT2D eigenvalue weighted by Gasteiger charge is -2.00. The molecule has 0 amide bonds. The molecule has 3 rings (SSSR count). The predicted molar refractivity (Wildman–Crippen MR) is 104 cm³/mol. The van der Waals surface area contributed by atoms with Crippen LogP contribution in [0.15, 0.2) is 76.9 Å². The molecule has 0 atom stereocenters. The van der Waals surface area contributed by atoms with E-state index >= 15 is 0 Å². The van der Waals surface area contributed by atoms with Gasteiger partial charge in [-0.25, -0.2) is 4.68 Å². The smallest absolute Gasteiger partial charge is 0.237 e. The molecule has 1 N–H and O–H groups in total. The molecule has 28 heavy (non-hydrogen) atoms. The van der Waals surface area contributed by atoms with Crippen LogP contribution >= 0.6 is 23.2 Å². The third kappa shape index (κ3) is 4.26. The number of carbonyl (C=O) groups is 1. The molecule has 3 aromatic rings. The second-order valence-corrected chi connectivity index (χ2v) is 6.32. The number of aromatic nitrogens is 2. The van der Waals surface area contributed by atoms with Gasteiger partial charge in [-0.2, -0.15) is 15.5 Å². The maximum atomic E-state index is 12.7. The Bertz CT molecular complexity index is 1110. The highest BCUT2D eigenvalue weighted by Gasteiger charge is 2.21. The van der Waals surface area contributed by atoms with E-state index in [2.05, 4.69) is 15.3 Å². The number of nitriles is 1. The molecular weight excluding hydrogens is 401 g/mol. The Hall–Kier alpha value is -3.47. The molecule has 1 aromatic heterocycles. The monoisotopic (exact) mass is 411 g/mol.